The number of carbonyl (C=O) groups excluding carboxylic acids is 1. The van der Waals surface area contributed by atoms with E-state index in [-0.39, 0.29) is 5.91 Å². The molecule has 1 aliphatic heterocycles. The van der Waals surface area contributed by atoms with E-state index in [1.165, 1.54) is 0 Å². The second kappa shape index (κ2) is 8.63. The molecule has 1 aromatic rings. The van der Waals surface area contributed by atoms with Crippen LogP contribution in [0.15, 0.2) is 24.3 Å². The lowest BCUT2D eigenvalue weighted by Gasteiger charge is -2.34. The Balaban J connectivity index is 1.95. The molecule has 0 aliphatic carbocycles. The van der Waals surface area contributed by atoms with E-state index in [4.69, 9.17) is 4.74 Å². The number of piperidine rings is 1. The van der Waals surface area contributed by atoms with Gasteiger partial charge in [-0.2, -0.15) is 0 Å². The number of nitrogens with one attached hydrogen (secondary N) is 2. The van der Waals surface area contributed by atoms with Crippen molar-refractivity contribution in [1.82, 2.24) is 10.2 Å². The highest BCUT2D eigenvalue weighted by Gasteiger charge is 2.24. The molecule has 0 spiro atoms. The van der Waals surface area contributed by atoms with Crippen molar-refractivity contribution in [1.29, 1.82) is 0 Å². The lowest BCUT2D eigenvalue weighted by atomic mass is 10.0. The van der Waals surface area contributed by atoms with E-state index in [9.17, 15) is 4.79 Å². The molecule has 5 nitrogen and oxygen atoms in total. The third kappa shape index (κ3) is 4.37. The number of hydrogen-bond acceptors (Lipinski definition) is 4. The highest BCUT2D eigenvalue weighted by molar-refractivity contribution is 5.81. The molecule has 22 heavy (non-hydrogen) atoms. The number of ether oxygens (including phenoxy) is 1. The van der Waals surface area contributed by atoms with Gasteiger partial charge in [0.05, 0.1) is 19.3 Å². The van der Waals surface area contributed by atoms with Gasteiger partial charge in [0.2, 0.25) is 5.91 Å². The number of para-hydroxylation sites is 2. The van der Waals surface area contributed by atoms with Crippen molar-refractivity contribution < 1.29 is 9.53 Å². The van der Waals surface area contributed by atoms with Crippen LogP contribution in [0.2, 0.25) is 0 Å². The fraction of sp³-hybridized carbons (Fsp3) is 0.588. The second-order valence-corrected chi connectivity index (χ2v) is 5.62. The number of methoxy groups -OCH3 is 1. The minimum atomic E-state index is 0.166. The summed E-state index contributed by atoms with van der Waals surface area (Å²) in [5.41, 5.74) is 0.861. The first-order valence-corrected chi connectivity index (χ1v) is 8.13. The molecule has 1 aliphatic rings. The topological polar surface area (TPSA) is 53.6 Å². The van der Waals surface area contributed by atoms with Crippen LogP contribution in [0.3, 0.4) is 0 Å². The molecule has 0 bridgehead atoms. The van der Waals surface area contributed by atoms with Crippen LogP contribution < -0.4 is 15.4 Å². The maximum atomic E-state index is 12.6. The third-order valence-electron chi connectivity index (χ3n) is 4.07. The summed E-state index contributed by atoms with van der Waals surface area (Å²) in [6.45, 7) is 5.26. The summed E-state index contributed by atoms with van der Waals surface area (Å²) in [6.07, 6.45) is 3.07. The molecule has 0 aromatic heterocycles. The molecule has 5 heteroatoms. The first-order chi connectivity index (χ1) is 10.8. The molecular formula is C17H27N3O2. The number of hydrogen-bond donors (Lipinski definition) is 2. The first-order valence-electron chi connectivity index (χ1n) is 8.13. The minimum Gasteiger partial charge on any atom is -0.495 e. The van der Waals surface area contributed by atoms with Crippen molar-refractivity contribution in [3.05, 3.63) is 24.3 Å². The van der Waals surface area contributed by atoms with Crippen LogP contribution >= 0.6 is 0 Å². The van der Waals surface area contributed by atoms with E-state index in [0.717, 1.165) is 50.3 Å². The van der Waals surface area contributed by atoms with Gasteiger partial charge in [-0.1, -0.05) is 19.1 Å². The van der Waals surface area contributed by atoms with Gasteiger partial charge < -0.3 is 20.3 Å². The van der Waals surface area contributed by atoms with Gasteiger partial charge in [-0.25, -0.2) is 0 Å². The van der Waals surface area contributed by atoms with E-state index in [2.05, 4.69) is 17.6 Å². The lowest BCUT2D eigenvalue weighted by Crippen LogP contribution is -2.48. The van der Waals surface area contributed by atoms with Gasteiger partial charge in [-0.05, 0) is 44.5 Å². The number of benzene rings is 1. The maximum absolute atomic E-state index is 12.6. The Bertz CT molecular complexity index is 473. The molecule has 0 saturated carbocycles. The van der Waals surface area contributed by atoms with Crippen LogP contribution in [0, 0.1) is 0 Å². The van der Waals surface area contributed by atoms with E-state index in [1.807, 2.05) is 29.2 Å². The molecule has 2 N–H and O–H groups in total. The minimum absolute atomic E-state index is 0.166. The number of rotatable bonds is 7. The maximum Gasteiger partial charge on any atom is 0.242 e. The van der Waals surface area contributed by atoms with Crippen molar-refractivity contribution >= 4 is 11.6 Å². The molecular weight excluding hydrogens is 278 g/mol. The van der Waals surface area contributed by atoms with E-state index in [1.54, 1.807) is 7.11 Å². The van der Waals surface area contributed by atoms with E-state index in [0.29, 0.717) is 12.6 Å². The van der Waals surface area contributed by atoms with Crippen molar-refractivity contribution in [2.75, 3.05) is 38.6 Å². The van der Waals surface area contributed by atoms with Gasteiger partial charge in [0.25, 0.3) is 0 Å². The normalized spacial score (nSPS) is 15.4. The molecule has 0 radical (unpaired) electrons. The summed E-state index contributed by atoms with van der Waals surface area (Å²) < 4.78 is 5.31. The van der Waals surface area contributed by atoms with Crippen LogP contribution in [0.4, 0.5) is 5.69 Å². The number of nitrogens with zero attached hydrogens (tertiary/aromatic N) is 1. The molecule has 1 heterocycles. The van der Waals surface area contributed by atoms with E-state index < -0.39 is 0 Å². The number of amides is 1. The molecule has 0 unspecified atom stereocenters. The zero-order valence-corrected chi connectivity index (χ0v) is 13.6. The van der Waals surface area contributed by atoms with Crippen LogP contribution in [-0.2, 0) is 4.79 Å². The van der Waals surface area contributed by atoms with Crippen molar-refractivity contribution in [3.63, 3.8) is 0 Å². The number of carbonyl (C=O) groups is 1. The molecule has 1 aromatic carbocycles. The van der Waals surface area contributed by atoms with Gasteiger partial charge in [0.15, 0.2) is 0 Å². The fourth-order valence-electron chi connectivity index (χ4n) is 2.93. The van der Waals surface area contributed by atoms with Gasteiger partial charge in [-0.15, -0.1) is 0 Å². The van der Waals surface area contributed by atoms with Gasteiger partial charge in [-0.3, -0.25) is 4.79 Å². The average molecular weight is 305 g/mol. The predicted molar refractivity (Wildman–Crippen MR) is 89.4 cm³/mol. The Labute approximate surface area is 133 Å². The van der Waals surface area contributed by atoms with Crippen molar-refractivity contribution in [2.24, 2.45) is 0 Å². The zero-order chi connectivity index (χ0) is 15.8. The average Bonchev–Trinajstić information content (AvgIpc) is 2.58. The zero-order valence-electron chi connectivity index (χ0n) is 13.6. The Kier molecular flexibility index (Phi) is 6.52. The fourth-order valence-corrected chi connectivity index (χ4v) is 2.93. The monoisotopic (exact) mass is 305 g/mol. The Morgan fingerprint density at radius 1 is 1.36 bits per heavy atom. The number of anilines is 1. The molecule has 1 fully saturated rings. The first kappa shape index (κ1) is 16.6. The molecule has 2 rings (SSSR count). The summed E-state index contributed by atoms with van der Waals surface area (Å²) in [5.74, 6) is 0.930. The van der Waals surface area contributed by atoms with E-state index >= 15 is 0 Å². The van der Waals surface area contributed by atoms with Crippen LogP contribution in [0.25, 0.3) is 0 Å². The van der Waals surface area contributed by atoms with Crippen LogP contribution in [-0.4, -0.2) is 50.1 Å². The highest BCUT2D eigenvalue weighted by atomic mass is 16.5. The molecule has 0 atom stereocenters. The Morgan fingerprint density at radius 2 is 2.09 bits per heavy atom. The van der Waals surface area contributed by atoms with Crippen LogP contribution in [0.1, 0.15) is 26.2 Å². The summed E-state index contributed by atoms with van der Waals surface area (Å²) in [7, 11) is 1.64. The summed E-state index contributed by atoms with van der Waals surface area (Å²) in [5, 5.41) is 6.56. The van der Waals surface area contributed by atoms with Gasteiger partial charge in [0.1, 0.15) is 5.75 Å². The largest absolute Gasteiger partial charge is 0.495 e. The van der Waals surface area contributed by atoms with Crippen molar-refractivity contribution in [2.45, 2.75) is 32.2 Å². The smallest absolute Gasteiger partial charge is 0.242 e. The van der Waals surface area contributed by atoms with Crippen molar-refractivity contribution in [3.8, 4) is 5.75 Å². The van der Waals surface area contributed by atoms with Crippen LogP contribution in [0.5, 0.6) is 5.75 Å². The predicted octanol–water partition coefficient (Wildman–Crippen LogP) is 2.10. The summed E-state index contributed by atoms with van der Waals surface area (Å²) in [6, 6.07) is 8.05. The highest BCUT2D eigenvalue weighted by Crippen LogP contribution is 2.23. The molecule has 1 amide bonds. The molecule has 1 saturated heterocycles. The summed E-state index contributed by atoms with van der Waals surface area (Å²) >= 11 is 0. The SMILES string of the molecule is CCCN(C(=O)CNc1ccccc1OC)C1CCNCC1. The van der Waals surface area contributed by atoms with Gasteiger partial charge >= 0.3 is 0 Å². The Morgan fingerprint density at radius 3 is 2.77 bits per heavy atom. The lowest BCUT2D eigenvalue weighted by molar-refractivity contribution is -0.132. The van der Waals surface area contributed by atoms with Gasteiger partial charge in [0, 0.05) is 12.6 Å². The second-order valence-electron chi connectivity index (χ2n) is 5.62. The quantitative estimate of drug-likeness (QED) is 0.810. The molecule has 122 valence electrons. The Hall–Kier alpha value is -1.75. The standard InChI is InChI=1S/C17H27N3O2/c1-3-12-20(14-8-10-18-11-9-14)17(21)13-19-15-6-4-5-7-16(15)22-2/h4-7,14,18-19H,3,8-13H2,1-2H3. The third-order valence-corrected chi connectivity index (χ3v) is 4.07. The summed E-state index contributed by atoms with van der Waals surface area (Å²) in [4.78, 5) is 14.7.